The Kier molecular flexibility index (Phi) is 2.08. The molecule has 2 rings (SSSR count). The molecule has 0 saturated heterocycles. The van der Waals surface area contributed by atoms with Gasteiger partial charge in [0.15, 0.2) is 0 Å². The highest BCUT2D eigenvalue weighted by Crippen LogP contribution is 2.36. The molecule has 1 aromatic rings. The van der Waals surface area contributed by atoms with Gasteiger partial charge in [-0.05, 0) is 40.4 Å². The van der Waals surface area contributed by atoms with Gasteiger partial charge in [-0.15, -0.1) is 0 Å². The molecule has 0 saturated carbocycles. The average molecular weight is 258 g/mol. The number of pyridine rings is 1. The van der Waals surface area contributed by atoms with Crippen LogP contribution >= 0.6 is 15.9 Å². The fourth-order valence-electron chi connectivity index (χ4n) is 1.69. The number of hydrogen-bond donors (Lipinski definition) is 2. The van der Waals surface area contributed by atoms with Crippen molar-refractivity contribution in [2.45, 2.75) is 18.4 Å². The predicted molar refractivity (Wildman–Crippen MR) is 51.8 cm³/mol. The Morgan fingerprint density at radius 3 is 3.00 bits per heavy atom. The van der Waals surface area contributed by atoms with Crippen LogP contribution in [0.1, 0.15) is 17.7 Å². The Labute approximate surface area is 88.7 Å². The fraction of sp³-hybridized carbons (Fsp3) is 0.333. The molecule has 74 valence electrons. The van der Waals surface area contributed by atoms with Gasteiger partial charge in [0.2, 0.25) is 5.60 Å². The van der Waals surface area contributed by atoms with Gasteiger partial charge in [-0.25, -0.2) is 4.79 Å². The van der Waals surface area contributed by atoms with E-state index in [-0.39, 0.29) is 12.1 Å². The maximum Gasteiger partial charge on any atom is 0.342 e. The van der Waals surface area contributed by atoms with Gasteiger partial charge in [0.25, 0.3) is 0 Å². The highest BCUT2D eigenvalue weighted by atomic mass is 79.9. The normalized spacial score (nSPS) is 24.7. The summed E-state index contributed by atoms with van der Waals surface area (Å²) in [5.41, 5.74) is -0.728. The summed E-state index contributed by atoms with van der Waals surface area (Å²) in [7, 11) is 0. The highest BCUT2D eigenvalue weighted by Gasteiger charge is 2.45. The second-order valence-corrected chi connectivity index (χ2v) is 4.24. The Balaban J connectivity index is 2.55. The Morgan fingerprint density at radius 2 is 2.36 bits per heavy atom. The second-order valence-electron chi connectivity index (χ2n) is 3.33. The third kappa shape index (κ3) is 1.24. The van der Waals surface area contributed by atoms with Crippen LogP contribution in [0, 0.1) is 0 Å². The number of carbonyl (C=O) groups is 1. The van der Waals surface area contributed by atoms with Gasteiger partial charge in [-0.1, -0.05) is 0 Å². The van der Waals surface area contributed by atoms with Crippen molar-refractivity contribution in [1.29, 1.82) is 0 Å². The van der Waals surface area contributed by atoms with Gasteiger partial charge in [0.1, 0.15) is 0 Å². The predicted octanol–water partition coefficient (Wildman–Crippen LogP) is 1.06. The van der Waals surface area contributed by atoms with Gasteiger partial charge in [0.05, 0.1) is 5.69 Å². The Bertz CT molecular complexity index is 407. The van der Waals surface area contributed by atoms with E-state index >= 15 is 0 Å². The molecule has 0 radical (unpaired) electrons. The maximum atomic E-state index is 10.9. The molecule has 2 N–H and O–H groups in total. The lowest BCUT2D eigenvalue weighted by molar-refractivity contribution is -0.159. The summed E-state index contributed by atoms with van der Waals surface area (Å²) in [6.45, 7) is 0. The number of fused-ring (bicyclic) bond motifs is 1. The lowest BCUT2D eigenvalue weighted by atomic mass is 10.0. The molecule has 0 fully saturated rings. The van der Waals surface area contributed by atoms with Crippen LogP contribution < -0.4 is 0 Å². The van der Waals surface area contributed by atoms with Crippen LogP contribution in [-0.2, 0) is 16.8 Å². The number of aliphatic hydroxyl groups is 1. The number of halogens is 1. The third-order valence-corrected chi connectivity index (χ3v) is 2.87. The minimum Gasteiger partial charge on any atom is -0.479 e. The molecule has 1 atom stereocenters. The molecular formula is C9H8BrNO3. The minimum absolute atomic E-state index is 0.196. The number of aliphatic carboxylic acids is 1. The van der Waals surface area contributed by atoms with Crippen LogP contribution in [0.25, 0.3) is 0 Å². The molecule has 1 aromatic heterocycles. The molecule has 0 unspecified atom stereocenters. The first-order chi connectivity index (χ1) is 6.54. The summed E-state index contributed by atoms with van der Waals surface area (Å²) in [6.07, 6.45) is 2.24. The largest absolute Gasteiger partial charge is 0.479 e. The first kappa shape index (κ1) is 9.61. The van der Waals surface area contributed by atoms with Crippen molar-refractivity contribution in [1.82, 2.24) is 4.98 Å². The quantitative estimate of drug-likeness (QED) is 0.790. The van der Waals surface area contributed by atoms with Crippen molar-refractivity contribution < 1.29 is 15.0 Å². The van der Waals surface area contributed by atoms with E-state index in [9.17, 15) is 9.90 Å². The molecule has 4 nitrogen and oxygen atoms in total. The zero-order valence-electron chi connectivity index (χ0n) is 7.20. The SMILES string of the molecule is O=C(O)[C@]1(O)CCc2cc(Br)cnc21. The van der Waals surface area contributed by atoms with E-state index in [2.05, 4.69) is 20.9 Å². The zero-order chi connectivity index (χ0) is 10.3. The van der Waals surface area contributed by atoms with E-state index in [1.54, 1.807) is 6.07 Å². The molecule has 1 aliphatic carbocycles. The zero-order valence-corrected chi connectivity index (χ0v) is 8.78. The number of hydrogen-bond acceptors (Lipinski definition) is 3. The number of aromatic nitrogens is 1. The molecular weight excluding hydrogens is 250 g/mol. The van der Waals surface area contributed by atoms with E-state index in [4.69, 9.17) is 5.11 Å². The minimum atomic E-state index is -1.80. The van der Waals surface area contributed by atoms with Crippen LogP contribution in [0.4, 0.5) is 0 Å². The lowest BCUT2D eigenvalue weighted by Gasteiger charge is -2.16. The van der Waals surface area contributed by atoms with E-state index in [0.717, 1.165) is 10.0 Å². The summed E-state index contributed by atoms with van der Waals surface area (Å²) >= 11 is 3.25. The van der Waals surface area contributed by atoms with E-state index in [1.165, 1.54) is 6.20 Å². The van der Waals surface area contributed by atoms with Gasteiger partial charge in [-0.3, -0.25) is 4.98 Å². The number of rotatable bonds is 1. The number of aryl methyl sites for hydroxylation is 1. The topological polar surface area (TPSA) is 70.4 Å². The molecule has 14 heavy (non-hydrogen) atoms. The first-order valence-electron chi connectivity index (χ1n) is 4.15. The van der Waals surface area contributed by atoms with Crippen LogP contribution in [0.3, 0.4) is 0 Å². The second kappa shape index (κ2) is 3.03. The summed E-state index contributed by atoms with van der Waals surface area (Å²) in [4.78, 5) is 14.8. The Hall–Kier alpha value is -0.940. The van der Waals surface area contributed by atoms with E-state index in [1.807, 2.05) is 0 Å². The van der Waals surface area contributed by atoms with Crippen molar-refractivity contribution >= 4 is 21.9 Å². The number of nitrogens with zero attached hydrogens (tertiary/aromatic N) is 1. The highest BCUT2D eigenvalue weighted by molar-refractivity contribution is 9.10. The molecule has 0 aliphatic heterocycles. The van der Waals surface area contributed by atoms with Crippen molar-refractivity contribution in [3.63, 3.8) is 0 Å². The number of carboxylic acids is 1. The summed E-state index contributed by atoms with van der Waals surface area (Å²) in [6, 6.07) is 1.79. The molecule has 0 aromatic carbocycles. The lowest BCUT2D eigenvalue weighted by Crippen LogP contribution is -2.33. The maximum absolute atomic E-state index is 10.9. The molecule has 0 amide bonds. The van der Waals surface area contributed by atoms with Crippen molar-refractivity contribution in [2.75, 3.05) is 0 Å². The molecule has 1 heterocycles. The van der Waals surface area contributed by atoms with E-state index < -0.39 is 11.6 Å². The third-order valence-electron chi connectivity index (χ3n) is 2.43. The first-order valence-corrected chi connectivity index (χ1v) is 4.94. The van der Waals surface area contributed by atoms with Crippen molar-refractivity contribution in [2.24, 2.45) is 0 Å². The van der Waals surface area contributed by atoms with Gasteiger partial charge in [0, 0.05) is 10.7 Å². The standard InChI is InChI=1S/C9H8BrNO3/c10-6-3-5-1-2-9(14,8(12)13)7(5)11-4-6/h3-4,14H,1-2H2,(H,12,13)/t9-/m0/s1. The van der Waals surface area contributed by atoms with E-state index in [0.29, 0.717) is 6.42 Å². The van der Waals surface area contributed by atoms with Crippen molar-refractivity contribution in [3.8, 4) is 0 Å². The summed E-state index contributed by atoms with van der Waals surface area (Å²) < 4.78 is 0.797. The van der Waals surface area contributed by atoms with Crippen molar-refractivity contribution in [3.05, 3.63) is 28.0 Å². The molecule has 0 bridgehead atoms. The van der Waals surface area contributed by atoms with Gasteiger partial charge >= 0.3 is 5.97 Å². The average Bonchev–Trinajstić information content (AvgIpc) is 2.45. The monoisotopic (exact) mass is 257 g/mol. The van der Waals surface area contributed by atoms with Gasteiger partial charge < -0.3 is 10.2 Å². The molecule has 5 heteroatoms. The van der Waals surface area contributed by atoms with Crippen LogP contribution in [0.5, 0.6) is 0 Å². The van der Waals surface area contributed by atoms with Gasteiger partial charge in [-0.2, -0.15) is 0 Å². The van der Waals surface area contributed by atoms with Crippen LogP contribution in [-0.4, -0.2) is 21.2 Å². The number of carboxylic acid groups (broad SMARTS) is 1. The summed E-state index contributed by atoms with van der Waals surface area (Å²) in [5, 5.41) is 18.7. The fourth-order valence-corrected chi connectivity index (χ4v) is 2.07. The van der Waals surface area contributed by atoms with Crippen LogP contribution in [0.2, 0.25) is 0 Å². The smallest absolute Gasteiger partial charge is 0.342 e. The summed E-state index contributed by atoms with van der Waals surface area (Å²) in [5.74, 6) is -1.23. The molecule has 0 spiro atoms. The van der Waals surface area contributed by atoms with Crippen LogP contribution in [0.15, 0.2) is 16.7 Å². The Morgan fingerprint density at radius 1 is 1.64 bits per heavy atom. The molecule has 1 aliphatic rings.